The summed E-state index contributed by atoms with van der Waals surface area (Å²) in [5.74, 6) is 1.70. The molecule has 3 nitrogen and oxygen atoms in total. The first-order valence-electron chi connectivity index (χ1n) is 4.32. The largest absolute Gasteiger partial charge is 0.468 e. The fourth-order valence-electron chi connectivity index (χ4n) is 1.08. The van der Waals surface area contributed by atoms with Gasteiger partial charge in [-0.15, -0.1) is 0 Å². The lowest BCUT2D eigenvalue weighted by Gasteiger charge is -2.02. The Kier molecular flexibility index (Phi) is 3.33. The van der Waals surface area contributed by atoms with Crippen molar-refractivity contribution in [3.8, 4) is 0 Å². The van der Waals surface area contributed by atoms with Gasteiger partial charge in [-0.2, -0.15) is 0 Å². The second kappa shape index (κ2) is 4.72. The van der Waals surface area contributed by atoms with Gasteiger partial charge in [0.25, 0.3) is 0 Å². The molecule has 2 N–H and O–H groups in total. The van der Waals surface area contributed by atoms with E-state index in [1.165, 1.54) is 0 Å². The fraction of sp³-hybridized carbons (Fsp3) is 0.100. The summed E-state index contributed by atoms with van der Waals surface area (Å²) < 4.78 is 6.15. The number of nitrogens with two attached hydrogens (primary N) is 1. The van der Waals surface area contributed by atoms with Crippen LogP contribution >= 0.6 is 27.7 Å². The van der Waals surface area contributed by atoms with E-state index in [0.717, 1.165) is 21.0 Å². The Hall–Kier alpha value is -0.940. The molecule has 0 saturated heterocycles. The molecule has 0 aliphatic heterocycles. The number of rotatable bonds is 3. The highest BCUT2D eigenvalue weighted by Gasteiger charge is 2.04. The van der Waals surface area contributed by atoms with Gasteiger partial charge in [0.2, 0.25) is 0 Å². The van der Waals surface area contributed by atoms with Crippen LogP contribution in [0.3, 0.4) is 0 Å². The summed E-state index contributed by atoms with van der Waals surface area (Å²) in [4.78, 5) is 4.23. The van der Waals surface area contributed by atoms with Gasteiger partial charge in [0.15, 0.2) is 0 Å². The summed E-state index contributed by atoms with van der Waals surface area (Å²) in [6.45, 7) is 0. The molecule has 0 saturated carbocycles. The summed E-state index contributed by atoms with van der Waals surface area (Å²) in [7, 11) is 0. The van der Waals surface area contributed by atoms with E-state index < -0.39 is 0 Å². The van der Waals surface area contributed by atoms with E-state index in [9.17, 15) is 0 Å². The maximum absolute atomic E-state index is 5.60. The van der Waals surface area contributed by atoms with Crippen molar-refractivity contribution in [3.63, 3.8) is 0 Å². The summed E-state index contributed by atoms with van der Waals surface area (Å²) >= 11 is 5.02. The number of nitrogen functional groups attached to an aromatic ring is 1. The fourth-order valence-corrected chi connectivity index (χ4v) is 2.56. The lowest BCUT2D eigenvalue weighted by Crippen LogP contribution is -1.89. The first-order valence-corrected chi connectivity index (χ1v) is 6.10. The van der Waals surface area contributed by atoms with Gasteiger partial charge in [-0.1, -0.05) is 11.8 Å². The smallest absolute Gasteiger partial charge is 0.114 e. The van der Waals surface area contributed by atoms with Gasteiger partial charge in [0.1, 0.15) is 10.8 Å². The standard InChI is InChI=1S/C10H9BrN2OS/c11-9-4-7(12)5-13-10(9)15-6-8-2-1-3-14-8/h1-5H,6,12H2. The first-order chi connectivity index (χ1) is 7.25. The van der Waals surface area contributed by atoms with Crippen LogP contribution in [0.1, 0.15) is 5.76 Å². The van der Waals surface area contributed by atoms with Crippen molar-refractivity contribution in [2.75, 3.05) is 5.73 Å². The van der Waals surface area contributed by atoms with Gasteiger partial charge >= 0.3 is 0 Å². The molecule has 78 valence electrons. The molecule has 2 aromatic rings. The molecule has 0 aliphatic rings. The van der Waals surface area contributed by atoms with Gasteiger partial charge < -0.3 is 10.2 Å². The molecule has 0 unspecified atom stereocenters. The molecule has 0 bridgehead atoms. The van der Waals surface area contributed by atoms with E-state index in [-0.39, 0.29) is 0 Å². The Bertz CT molecular complexity index is 445. The maximum Gasteiger partial charge on any atom is 0.114 e. The molecule has 0 aliphatic carbocycles. The van der Waals surface area contributed by atoms with Gasteiger partial charge in [-0.05, 0) is 34.1 Å². The quantitative estimate of drug-likeness (QED) is 0.879. The second-order valence-electron chi connectivity index (χ2n) is 2.92. The lowest BCUT2D eigenvalue weighted by atomic mass is 10.4. The summed E-state index contributed by atoms with van der Waals surface area (Å²) in [6, 6.07) is 5.66. The SMILES string of the molecule is Nc1cnc(SCc2ccco2)c(Br)c1. The zero-order valence-corrected chi connectivity index (χ0v) is 10.2. The number of anilines is 1. The Morgan fingerprint density at radius 1 is 1.53 bits per heavy atom. The molecule has 5 heteroatoms. The molecule has 2 heterocycles. The van der Waals surface area contributed by atoms with Crippen molar-refractivity contribution in [1.29, 1.82) is 0 Å². The van der Waals surface area contributed by atoms with E-state index >= 15 is 0 Å². The average Bonchev–Trinajstić information content (AvgIpc) is 2.69. The van der Waals surface area contributed by atoms with Crippen molar-refractivity contribution in [1.82, 2.24) is 4.98 Å². The zero-order chi connectivity index (χ0) is 10.7. The van der Waals surface area contributed by atoms with Crippen LogP contribution in [0.15, 0.2) is 44.6 Å². The number of halogens is 1. The molecule has 2 aromatic heterocycles. The number of furan rings is 1. The van der Waals surface area contributed by atoms with Crippen molar-refractivity contribution in [2.24, 2.45) is 0 Å². The Labute approximate surface area is 100 Å². The molecule has 0 amide bonds. The van der Waals surface area contributed by atoms with Gasteiger partial charge in [-0.3, -0.25) is 0 Å². The Morgan fingerprint density at radius 2 is 2.40 bits per heavy atom. The van der Waals surface area contributed by atoms with Crippen molar-refractivity contribution in [2.45, 2.75) is 10.8 Å². The van der Waals surface area contributed by atoms with E-state index in [4.69, 9.17) is 10.2 Å². The van der Waals surface area contributed by atoms with Crippen LogP contribution in [0, 0.1) is 0 Å². The van der Waals surface area contributed by atoms with Crippen molar-refractivity contribution < 1.29 is 4.42 Å². The zero-order valence-electron chi connectivity index (χ0n) is 7.81. The third-order valence-electron chi connectivity index (χ3n) is 1.76. The normalized spacial score (nSPS) is 10.5. The number of hydrogen-bond acceptors (Lipinski definition) is 4. The van der Waals surface area contributed by atoms with Crippen molar-refractivity contribution >= 4 is 33.4 Å². The molecule has 15 heavy (non-hydrogen) atoms. The Balaban J connectivity index is 2.05. The van der Waals surface area contributed by atoms with Gasteiger partial charge in [0, 0.05) is 0 Å². The number of aromatic nitrogens is 1. The second-order valence-corrected chi connectivity index (χ2v) is 4.74. The minimum atomic E-state index is 0.657. The van der Waals surface area contributed by atoms with Gasteiger partial charge in [0.05, 0.1) is 28.4 Å². The Morgan fingerprint density at radius 3 is 3.07 bits per heavy atom. The minimum Gasteiger partial charge on any atom is -0.468 e. The highest BCUT2D eigenvalue weighted by Crippen LogP contribution is 2.29. The first kappa shape index (κ1) is 10.6. The van der Waals surface area contributed by atoms with Crippen LogP contribution in [0.5, 0.6) is 0 Å². The highest BCUT2D eigenvalue weighted by molar-refractivity contribution is 9.10. The molecular weight excluding hydrogens is 276 g/mol. The monoisotopic (exact) mass is 284 g/mol. The van der Waals surface area contributed by atoms with Crippen LogP contribution in [-0.2, 0) is 5.75 Å². The summed E-state index contributed by atoms with van der Waals surface area (Å²) in [6.07, 6.45) is 3.32. The average molecular weight is 285 g/mol. The van der Waals surface area contributed by atoms with Gasteiger partial charge in [-0.25, -0.2) is 4.98 Å². The molecule has 0 fully saturated rings. The molecule has 2 rings (SSSR count). The van der Waals surface area contributed by atoms with Crippen molar-refractivity contribution in [3.05, 3.63) is 40.9 Å². The highest BCUT2D eigenvalue weighted by atomic mass is 79.9. The lowest BCUT2D eigenvalue weighted by molar-refractivity contribution is 0.530. The third kappa shape index (κ3) is 2.76. The van der Waals surface area contributed by atoms with Crippen LogP contribution in [0.25, 0.3) is 0 Å². The van der Waals surface area contributed by atoms with Crippen LogP contribution in [0.4, 0.5) is 5.69 Å². The molecular formula is C10H9BrN2OS. The number of thioether (sulfide) groups is 1. The summed E-state index contributed by atoms with van der Waals surface area (Å²) in [5.41, 5.74) is 6.25. The van der Waals surface area contributed by atoms with E-state index in [2.05, 4.69) is 20.9 Å². The van der Waals surface area contributed by atoms with Crippen LogP contribution in [-0.4, -0.2) is 4.98 Å². The van der Waals surface area contributed by atoms with Crippen LogP contribution < -0.4 is 5.73 Å². The van der Waals surface area contributed by atoms with E-state index in [1.807, 2.05) is 18.2 Å². The molecule has 0 aromatic carbocycles. The predicted octanol–water partition coefficient (Wildman–Crippen LogP) is 3.31. The molecule has 0 spiro atoms. The number of pyridine rings is 1. The van der Waals surface area contributed by atoms with Crippen LogP contribution in [0.2, 0.25) is 0 Å². The minimum absolute atomic E-state index is 0.657. The summed E-state index contributed by atoms with van der Waals surface area (Å²) in [5, 5.41) is 0.917. The topological polar surface area (TPSA) is 52.0 Å². The third-order valence-corrected chi connectivity index (χ3v) is 3.65. The maximum atomic E-state index is 5.60. The predicted molar refractivity (Wildman–Crippen MR) is 64.6 cm³/mol. The number of hydrogen-bond donors (Lipinski definition) is 1. The van der Waals surface area contributed by atoms with E-state index in [0.29, 0.717) is 5.69 Å². The number of nitrogens with zero attached hydrogens (tertiary/aromatic N) is 1. The van der Waals surface area contributed by atoms with E-state index in [1.54, 1.807) is 24.2 Å². The molecule has 0 radical (unpaired) electrons. The molecule has 0 atom stereocenters.